The van der Waals surface area contributed by atoms with Crippen molar-refractivity contribution in [1.82, 2.24) is 14.7 Å². The van der Waals surface area contributed by atoms with Gasteiger partial charge < -0.3 is 19.4 Å². The maximum Gasteiger partial charge on any atom is 0.416 e. The molecule has 2 heterocycles. The topological polar surface area (TPSA) is 53.1 Å². The third-order valence-electron chi connectivity index (χ3n) is 9.08. The Bertz CT molecular complexity index is 1430. The summed E-state index contributed by atoms with van der Waals surface area (Å²) < 4.78 is 87.0. The summed E-state index contributed by atoms with van der Waals surface area (Å²) in [6, 6.07) is 3.87. The van der Waals surface area contributed by atoms with E-state index in [0.29, 0.717) is 37.1 Å². The fourth-order valence-electron chi connectivity index (χ4n) is 6.65. The molecule has 244 valence electrons. The molecule has 6 nitrogen and oxygen atoms in total. The third kappa shape index (κ3) is 6.41. The second kappa shape index (κ2) is 12.4. The Morgan fingerprint density at radius 3 is 2.11 bits per heavy atom. The van der Waals surface area contributed by atoms with Crippen LogP contribution in [0, 0.1) is 12.3 Å². The highest BCUT2D eigenvalue weighted by molar-refractivity contribution is 5.87. The molecule has 2 aliphatic rings. The van der Waals surface area contributed by atoms with Crippen LogP contribution in [0.1, 0.15) is 66.1 Å². The molecule has 3 unspecified atom stereocenters. The van der Waals surface area contributed by atoms with E-state index in [1.807, 2.05) is 19.1 Å². The molecule has 3 atom stereocenters. The average Bonchev–Trinajstić information content (AvgIpc) is 3.25. The number of urea groups is 1. The lowest BCUT2D eigenvalue weighted by Crippen LogP contribution is -2.57. The van der Waals surface area contributed by atoms with Crippen molar-refractivity contribution in [3.8, 4) is 5.75 Å². The first kappa shape index (κ1) is 33.9. The number of rotatable bonds is 8. The van der Waals surface area contributed by atoms with Crippen molar-refractivity contribution in [1.29, 1.82) is 0 Å². The van der Waals surface area contributed by atoms with Gasteiger partial charge >= 0.3 is 18.4 Å². The molecule has 2 saturated heterocycles. The normalized spacial score (nSPS) is 20.4. The van der Waals surface area contributed by atoms with Crippen LogP contribution in [0.3, 0.4) is 0 Å². The quantitative estimate of drug-likeness (QED) is 0.218. The highest BCUT2D eigenvalue weighted by Crippen LogP contribution is 2.50. The second-order valence-electron chi connectivity index (χ2n) is 11.8. The van der Waals surface area contributed by atoms with E-state index in [0.717, 1.165) is 16.0 Å². The van der Waals surface area contributed by atoms with Gasteiger partial charge in [-0.3, -0.25) is 4.79 Å². The number of hydrogen-bond donors (Lipinski definition) is 0. The van der Waals surface area contributed by atoms with Gasteiger partial charge in [0, 0.05) is 20.1 Å². The van der Waals surface area contributed by atoms with Crippen LogP contribution in [0.4, 0.5) is 31.1 Å². The predicted molar refractivity (Wildman–Crippen MR) is 157 cm³/mol. The Morgan fingerprint density at radius 2 is 1.62 bits per heavy atom. The first-order valence-electron chi connectivity index (χ1n) is 14.5. The standard InChI is InChI=1S/C33H37F6N3O3/c1-7-11-31(12-8-2)19-27-28(26-10-9-25(45-6)15-20(26)3)42(14-13-41(27)29(31)43)30(44)40(5)21(4)22-16-23(32(34,35)36)18-24(17-22)33(37,38)39/h7-10,15-18,21,27-28H,1-2,11-14,19H2,3-6H3. The van der Waals surface area contributed by atoms with E-state index < -0.39 is 53.1 Å². The lowest BCUT2D eigenvalue weighted by Gasteiger charge is -2.47. The summed E-state index contributed by atoms with van der Waals surface area (Å²) >= 11 is 0. The van der Waals surface area contributed by atoms with Gasteiger partial charge in [0.25, 0.3) is 0 Å². The van der Waals surface area contributed by atoms with Crippen molar-refractivity contribution < 1.29 is 40.7 Å². The smallest absolute Gasteiger partial charge is 0.416 e. The largest absolute Gasteiger partial charge is 0.497 e. The molecule has 45 heavy (non-hydrogen) atoms. The number of carbonyl (C=O) groups excluding carboxylic acids is 2. The van der Waals surface area contributed by atoms with Crippen molar-refractivity contribution in [3.63, 3.8) is 0 Å². The number of alkyl halides is 6. The van der Waals surface area contributed by atoms with Crippen molar-refractivity contribution in [2.75, 3.05) is 27.2 Å². The van der Waals surface area contributed by atoms with Gasteiger partial charge in [-0.1, -0.05) is 18.2 Å². The minimum absolute atomic E-state index is 0.0651. The predicted octanol–water partition coefficient (Wildman–Crippen LogP) is 7.95. The number of nitrogens with zero attached hydrogens (tertiary/aromatic N) is 3. The molecule has 0 spiro atoms. The number of aryl methyl sites for hydroxylation is 1. The van der Waals surface area contributed by atoms with Crippen molar-refractivity contribution in [2.45, 2.75) is 63.6 Å². The highest BCUT2D eigenvalue weighted by Gasteiger charge is 2.56. The van der Waals surface area contributed by atoms with Gasteiger partial charge in [-0.2, -0.15) is 26.3 Å². The Morgan fingerprint density at radius 1 is 1.04 bits per heavy atom. The van der Waals surface area contributed by atoms with Crippen LogP contribution in [0.2, 0.25) is 0 Å². The van der Waals surface area contributed by atoms with Crippen LogP contribution < -0.4 is 4.74 Å². The maximum absolute atomic E-state index is 14.2. The van der Waals surface area contributed by atoms with Gasteiger partial charge in [0.1, 0.15) is 5.75 Å². The van der Waals surface area contributed by atoms with Gasteiger partial charge in [-0.15, -0.1) is 13.2 Å². The molecule has 0 bridgehead atoms. The van der Waals surface area contributed by atoms with Crippen molar-refractivity contribution in [3.05, 3.63) is 89.5 Å². The highest BCUT2D eigenvalue weighted by atomic mass is 19.4. The zero-order valence-corrected chi connectivity index (χ0v) is 25.6. The summed E-state index contributed by atoms with van der Waals surface area (Å²) in [6.45, 7) is 11.2. The molecule has 0 aromatic heterocycles. The molecular formula is C33H37F6N3O3. The number of fused-ring (bicyclic) bond motifs is 1. The summed E-state index contributed by atoms with van der Waals surface area (Å²) in [5, 5.41) is 0. The average molecular weight is 638 g/mol. The van der Waals surface area contributed by atoms with Crippen LogP contribution in [-0.2, 0) is 17.1 Å². The van der Waals surface area contributed by atoms with Gasteiger partial charge in [-0.05, 0) is 80.1 Å². The maximum atomic E-state index is 14.2. The lowest BCUT2D eigenvalue weighted by atomic mass is 9.76. The summed E-state index contributed by atoms with van der Waals surface area (Å²) in [7, 11) is 2.87. The number of methoxy groups -OCH3 is 1. The Hall–Kier alpha value is -3.96. The number of piperazine rings is 1. The van der Waals surface area contributed by atoms with E-state index in [1.54, 1.807) is 28.0 Å². The molecule has 12 heteroatoms. The minimum Gasteiger partial charge on any atom is -0.497 e. The summed E-state index contributed by atoms with van der Waals surface area (Å²) in [5.41, 5.74) is -2.47. The van der Waals surface area contributed by atoms with Gasteiger partial charge in [0.05, 0.1) is 41.8 Å². The summed E-state index contributed by atoms with van der Waals surface area (Å²) in [4.78, 5) is 32.6. The Kier molecular flexibility index (Phi) is 9.38. The van der Waals surface area contributed by atoms with Crippen molar-refractivity contribution >= 4 is 11.9 Å². The number of benzene rings is 2. The molecule has 4 rings (SSSR count). The van der Waals surface area contributed by atoms with Crippen LogP contribution >= 0.6 is 0 Å². The number of amides is 3. The zero-order valence-electron chi connectivity index (χ0n) is 25.6. The summed E-state index contributed by atoms with van der Waals surface area (Å²) in [6.07, 6.45) is -5.46. The van der Waals surface area contributed by atoms with Gasteiger partial charge in [-0.25, -0.2) is 4.79 Å². The van der Waals surface area contributed by atoms with Crippen LogP contribution in [0.15, 0.2) is 61.7 Å². The molecular weight excluding hydrogens is 600 g/mol. The third-order valence-corrected chi connectivity index (χ3v) is 9.08. The fraction of sp³-hybridized carbons (Fsp3) is 0.455. The molecule has 0 N–H and O–H groups in total. The van der Waals surface area contributed by atoms with Gasteiger partial charge in [0.2, 0.25) is 5.91 Å². The van der Waals surface area contributed by atoms with Crippen LogP contribution in [0.25, 0.3) is 0 Å². The first-order valence-corrected chi connectivity index (χ1v) is 14.5. The van der Waals surface area contributed by atoms with Gasteiger partial charge in [0.15, 0.2) is 0 Å². The van der Waals surface area contributed by atoms with E-state index in [-0.39, 0.29) is 30.6 Å². The first-order chi connectivity index (χ1) is 21.0. The number of halogens is 6. The monoisotopic (exact) mass is 637 g/mol. The van der Waals surface area contributed by atoms with E-state index in [9.17, 15) is 35.9 Å². The van der Waals surface area contributed by atoms with Crippen LogP contribution in [-0.4, -0.2) is 59.9 Å². The Labute approximate surface area is 258 Å². The minimum atomic E-state index is -5.02. The van der Waals surface area contributed by atoms with E-state index in [2.05, 4.69) is 13.2 Å². The lowest BCUT2D eigenvalue weighted by molar-refractivity contribution is -0.143. The van der Waals surface area contributed by atoms with Crippen LogP contribution in [0.5, 0.6) is 5.75 Å². The second-order valence-corrected chi connectivity index (χ2v) is 11.8. The zero-order chi connectivity index (χ0) is 33.5. The summed E-state index contributed by atoms with van der Waals surface area (Å²) in [5.74, 6) is 0.522. The number of ether oxygens (including phenoxy) is 1. The Balaban J connectivity index is 1.77. The van der Waals surface area contributed by atoms with E-state index in [1.165, 1.54) is 21.1 Å². The molecule has 2 aromatic rings. The molecule has 0 radical (unpaired) electrons. The number of carbonyl (C=O) groups is 2. The molecule has 2 aromatic carbocycles. The van der Waals surface area contributed by atoms with E-state index >= 15 is 0 Å². The number of allylic oxidation sites excluding steroid dienone is 2. The molecule has 3 amide bonds. The van der Waals surface area contributed by atoms with Crippen molar-refractivity contribution in [2.24, 2.45) is 5.41 Å². The van der Waals surface area contributed by atoms with E-state index in [4.69, 9.17) is 4.74 Å². The molecule has 0 aliphatic carbocycles. The molecule has 0 saturated carbocycles. The fourth-order valence-corrected chi connectivity index (χ4v) is 6.65. The number of hydrogen-bond acceptors (Lipinski definition) is 3. The SMILES string of the molecule is C=CCC1(CC=C)CC2C(c3ccc(OC)cc3C)N(C(=O)N(C)C(C)c3cc(C(F)(F)F)cc(C(F)(F)F)c3)CCN2C1=O. The molecule has 2 fully saturated rings. The molecule has 2 aliphatic heterocycles.